The van der Waals surface area contributed by atoms with Gasteiger partial charge in [0.25, 0.3) is 0 Å². The summed E-state index contributed by atoms with van der Waals surface area (Å²) in [5.74, 6) is 0.697. The topological polar surface area (TPSA) is 45.0 Å². The quantitative estimate of drug-likeness (QED) is 0.617. The highest BCUT2D eigenvalue weighted by atomic mass is 35.5. The number of rotatable bonds is 5. The van der Waals surface area contributed by atoms with Crippen LogP contribution in [-0.4, -0.2) is 13.2 Å². The van der Waals surface area contributed by atoms with Gasteiger partial charge in [-0.05, 0) is 24.6 Å². The molecule has 0 heterocycles. The van der Waals surface area contributed by atoms with E-state index in [1.54, 1.807) is 0 Å². The fraction of sp³-hybridized carbons (Fsp3) is 0.364. The van der Waals surface area contributed by atoms with Crippen LogP contribution in [-0.2, 0) is 6.54 Å². The highest BCUT2D eigenvalue weighted by molar-refractivity contribution is 6.32. The minimum absolute atomic E-state index is 0.338. The number of ether oxygens (including phenoxy) is 1. The summed E-state index contributed by atoms with van der Waals surface area (Å²) in [5, 5.41) is 11.9. The lowest BCUT2D eigenvalue weighted by atomic mass is 10.2. The molecule has 80 valence electrons. The van der Waals surface area contributed by atoms with Crippen LogP contribution < -0.4 is 10.1 Å². The predicted molar refractivity (Wildman–Crippen MR) is 59.9 cm³/mol. The molecular formula is C11H13ClN2O. The van der Waals surface area contributed by atoms with Crippen LogP contribution in [0.15, 0.2) is 18.2 Å². The number of nitrogens with one attached hydrogen (secondary N) is 1. The fourth-order valence-electron chi connectivity index (χ4n) is 1.19. The van der Waals surface area contributed by atoms with Crippen molar-refractivity contribution in [3.05, 3.63) is 28.8 Å². The summed E-state index contributed by atoms with van der Waals surface area (Å²) in [7, 11) is 0. The van der Waals surface area contributed by atoms with Gasteiger partial charge in [0.15, 0.2) is 0 Å². The van der Waals surface area contributed by atoms with Gasteiger partial charge < -0.3 is 10.1 Å². The monoisotopic (exact) mass is 224 g/mol. The number of benzene rings is 1. The van der Waals surface area contributed by atoms with E-state index >= 15 is 0 Å². The van der Waals surface area contributed by atoms with E-state index in [4.69, 9.17) is 21.6 Å². The second kappa shape index (κ2) is 6.28. The van der Waals surface area contributed by atoms with E-state index in [1.807, 2.05) is 31.2 Å². The number of hydrogen-bond acceptors (Lipinski definition) is 3. The van der Waals surface area contributed by atoms with Crippen LogP contribution in [0.3, 0.4) is 0 Å². The maximum Gasteiger partial charge on any atom is 0.137 e. The van der Waals surface area contributed by atoms with E-state index in [1.165, 1.54) is 0 Å². The van der Waals surface area contributed by atoms with Crippen molar-refractivity contribution in [1.82, 2.24) is 5.32 Å². The first-order valence-corrected chi connectivity index (χ1v) is 5.14. The zero-order valence-electron chi connectivity index (χ0n) is 8.59. The van der Waals surface area contributed by atoms with Gasteiger partial charge in [-0.15, -0.1) is 0 Å². The number of nitrogens with zero attached hydrogens (tertiary/aromatic N) is 1. The van der Waals surface area contributed by atoms with Crippen LogP contribution in [0.1, 0.15) is 12.5 Å². The zero-order chi connectivity index (χ0) is 11.1. The van der Waals surface area contributed by atoms with Gasteiger partial charge in [0.1, 0.15) is 5.75 Å². The van der Waals surface area contributed by atoms with Crippen LogP contribution in [0.5, 0.6) is 5.75 Å². The molecule has 0 aliphatic heterocycles. The maximum atomic E-state index is 8.35. The van der Waals surface area contributed by atoms with E-state index in [0.29, 0.717) is 30.5 Å². The molecule has 4 heteroatoms. The molecule has 1 rings (SSSR count). The molecule has 15 heavy (non-hydrogen) atoms. The summed E-state index contributed by atoms with van der Waals surface area (Å²) in [4.78, 5) is 0. The van der Waals surface area contributed by atoms with E-state index in [-0.39, 0.29) is 0 Å². The number of hydrogen-bond donors (Lipinski definition) is 1. The smallest absolute Gasteiger partial charge is 0.137 e. The fourth-order valence-corrected chi connectivity index (χ4v) is 1.45. The SMILES string of the molecule is CCOc1ccc(CNCC#N)cc1Cl. The van der Waals surface area contributed by atoms with Crippen molar-refractivity contribution in [1.29, 1.82) is 5.26 Å². The zero-order valence-corrected chi connectivity index (χ0v) is 9.34. The van der Waals surface area contributed by atoms with Crippen LogP contribution >= 0.6 is 11.6 Å². The summed E-state index contributed by atoms with van der Waals surface area (Å²) in [6, 6.07) is 7.63. The molecule has 0 amide bonds. The van der Waals surface area contributed by atoms with E-state index in [2.05, 4.69) is 5.32 Å². The summed E-state index contributed by atoms with van der Waals surface area (Å²) in [5.41, 5.74) is 1.04. The van der Waals surface area contributed by atoms with Gasteiger partial charge in [0.2, 0.25) is 0 Å². The molecule has 1 N–H and O–H groups in total. The Hall–Kier alpha value is -1.24. The average Bonchev–Trinajstić information content (AvgIpc) is 2.23. The van der Waals surface area contributed by atoms with Gasteiger partial charge in [-0.1, -0.05) is 17.7 Å². The third-order valence-electron chi connectivity index (χ3n) is 1.83. The van der Waals surface area contributed by atoms with Crippen LogP contribution in [0, 0.1) is 11.3 Å². The lowest BCUT2D eigenvalue weighted by Gasteiger charge is -2.07. The molecule has 1 aromatic carbocycles. The van der Waals surface area contributed by atoms with Gasteiger partial charge in [-0.3, -0.25) is 0 Å². The van der Waals surface area contributed by atoms with Gasteiger partial charge >= 0.3 is 0 Å². The molecule has 3 nitrogen and oxygen atoms in total. The van der Waals surface area contributed by atoms with Crippen molar-refractivity contribution in [3.63, 3.8) is 0 Å². The second-order valence-corrected chi connectivity index (χ2v) is 3.37. The molecule has 0 saturated heterocycles. The number of nitriles is 1. The Morgan fingerprint density at radius 1 is 1.53 bits per heavy atom. The van der Waals surface area contributed by atoms with E-state index in [9.17, 15) is 0 Å². The molecule has 0 atom stereocenters. The van der Waals surface area contributed by atoms with Gasteiger partial charge in [-0.2, -0.15) is 5.26 Å². The Labute approximate surface area is 94.6 Å². The normalized spacial score (nSPS) is 9.67. The van der Waals surface area contributed by atoms with Crippen LogP contribution in [0.25, 0.3) is 0 Å². The first kappa shape index (κ1) is 11.8. The minimum Gasteiger partial charge on any atom is -0.492 e. The Bertz CT molecular complexity index is 360. The molecule has 0 spiro atoms. The molecule has 0 aliphatic carbocycles. The van der Waals surface area contributed by atoms with Crippen LogP contribution in [0.2, 0.25) is 5.02 Å². The molecule has 1 aromatic rings. The largest absolute Gasteiger partial charge is 0.492 e. The maximum absolute atomic E-state index is 8.35. The Morgan fingerprint density at radius 3 is 2.93 bits per heavy atom. The van der Waals surface area contributed by atoms with Crippen molar-refractivity contribution in [2.45, 2.75) is 13.5 Å². The van der Waals surface area contributed by atoms with Crippen molar-refractivity contribution in [2.24, 2.45) is 0 Å². The van der Waals surface area contributed by atoms with Gasteiger partial charge in [0.05, 0.1) is 24.2 Å². The third kappa shape index (κ3) is 3.78. The minimum atomic E-state index is 0.338. The van der Waals surface area contributed by atoms with Crippen molar-refractivity contribution < 1.29 is 4.74 Å². The molecular weight excluding hydrogens is 212 g/mol. The Kier molecular flexibility index (Phi) is 4.96. The summed E-state index contributed by atoms with van der Waals surface area (Å²) in [6.45, 7) is 3.50. The molecule has 0 saturated carbocycles. The number of halogens is 1. The standard InChI is InChI=1S/C11H13ClN2O/c1-2-15-11-4-3-9(7-10(11)12)8-14-6-5-13/h3-4,7,14H,2,6,8H2,1H3. The molecule has 0 radical (unpaired) electrons. The Balaban J connectivity index is 2.61. The van der Waals surface area contributed by atoms with Crippen molar-refractivity contribution in [3.8, 4) is 11.8 Å². The lowest BCUT2D eigenvalue weighted by molar-refractivity contribution is 0.340. The van der Waals surface area contributed by atoms with Crippen molar-refractivity contribution in [2.75, 3.05) is 13.2 Å². The van der Waals surface area contributed by atoms with E-state index < -0.39 is 0 Å². The highest BCUT2D eigenvalue weighted by Gasteiger charge is 2.01. The van der Waals surface area contributed by atoms with Crippen molar-refractivity contribution >= 4 is 11.6 Å². The highest BCUT2D eigenvalue weighted by Crippen LogP contribution is 2.25. The first-order chi connectivity index (χ1) is 7.27. The summed E-state index contributed by atoms with van der Waals surface area (Å²) in [6.07, 6.45) is 0. The molecule has 0 aromatic heterocycles. The summed E-state index contributed by atoms with van der Waals surface area (Å²) >= 11 is 6.00. The van der Waals surface area contributed by atoms with Gasteiger partial charge in [0, 0.05) is 6.54 Å². The Morgan fingerprint density at radius 2 is 2.33 bits per heavy atom. The lowest BCUT2D eigenvalue weighted by Crippen LogP contribution is -2.12. The van der Waals surface area contributed by atoms with Gasteiger partial charge in [-0.25, -0.2) is 0 Å². The molecule has 0 aliphatic rings. The molecule has 0 bridgehead atoms. The molecule has 0 unspecified atom stereocenters. The average molecular weight is 225 g/mol. The van der Waals surface area contributed by atoms with Crippen LogP contribution in [0.4, 0.5) is 0 Å². The molecule has 0 fully saturated rings. The summed E-state index contributed by atoms with van der Waals surface area (Å²) < 4.78 is 5.31. The van der Waals surface area contributed by atoms with E-state index in [0.717, 1.165) is 5.56 Å². The second-order valence-electron chi connectivity index (χ2n) is 2.96. The first-order valence-electron chi connectivity index (χ1n) is 4.76. The predicted octanol–water partition coefficient (Wildman–Crippen LogP) is 2.35. The third-order valence-corrected chi connectivity index (χ3v) is 2.12.